The first-order valence-electron chi connectivity index (χ1n) is 4.46. The number of hydrogen-bond donors (Lipinski definition) is 2. The van der Waals surface area contributed by atoms with Crippen LogP contribution in [0.25, 0.3) is 0 Å². The number of phenols is 2. The van der Waals surface area contributed by atoms with E-state index in [1.165, 1.54) is 19.1 Å². The summed E-state index contributed by atoms with van der Waals surface area (Å²) in [7, 11) is 0. The van der Waals surface area contributed by atoms with Gasteiger partial charge in [0, 0.05) is 17.5 Å². The molecule has 0 amide bonds. The van der Waals surface area contributed by atoms with E-state index < -0.39 is 0 Å². The van der Waals surface area contributed by atoms with Crippen LogP contribution in [0.15, 0.2) is 12.1 Å². The molecular formula is C11H14O3. The third-order valence-corrected chi connectivity index (χ3v) is 2.39. The maximum Gasteiger partial charge on any atom is 0.137 e. The minimum absolute atomic E-state index is 0.00547. The number of aryl methyl sites for hydroxylation is 1. The van der Waals surface area contributed by atoms with Crippen LogP contribution in [0.3, 0.4) is 0 Å². The number of rotatable bonds is 2. The molecule has 3 heteroatoms. The Morgan fingerprint density at radius 3 is 2.36 bits per heavy atom. The minimum atomic E-state index is -0.337. The molecule has 1 aromatic carbocycles. The number of benzene rings is 1. The number of carbonyl (C=O) groups excluding carboxylic acids is 1. The van der Waals surface area contributed by atoms with E-state index in [2.05, 4.69) is 0 Å². The van der Waals surface area contributed by atoms with Crippen molar-refractivity contribution in [1.82, 2.24) is 0 Å². The topological polar surface area (TPSA) is 57.5 Å². The summed E-state index contributed by atoms with van der Waals surface area (Å²) in [5.41, 5.74) is 1.32. The lowest BCUT2D eigenvalue weighted by atomic mass is 9.92. The third-order valence-electron chi connectivity index (χ3n) is 2.39. The molecule has 0 spiro atoms. The van der Waals surface area contributed by atoms with Gasteiger partial charge in [-0.2, -0.15) is 0 Å². The SMILES string of the molecule is CC(=O)C(C)c1c(C)cc(O)cc1O. The Hall–Kier alpha value is -1.51. The monoisotopic (exact) mass is 194 g/mol. The van der Waals surface area contributed by atoms with Gasteiger partial charge in [-0.15, -0.1) is 0 Å². The van der Waals surface area contributed by atoms with Gasteiger partial charge >= 0.3 is 0 Å². The van der Waals surface area contributed by atoms with Crippen molar-refractivity contribution in [3.63, 3.8) is 0 Å². The molecule has 0 radical (unpaired) electrons. The molecule has 0 fully saturated rings. The fraction of sp³-hybridized carbons (Fsp3) is 0.364. The zero-order valence-corrected chi connectivity index (χ0v) is 8.53. The molecule has 3 nitrogen and oxygen atoms in total. The van der Waals surface area contributed by atoms with Gasteiger partial charge in [-0.1, -0.05) is 6.92 Å². The Kier molecular flexibility index (Phi) is 2.79. The Bertz CT molecular complexity index is 346. The van der Waals surface area contributed by atoms with Crippen LogP contribution in [0.1, 0.15) is 30.9 Å². The van der Waals surface area contributed by atoms with Crippen molar-refractivity contribution < 1.29 is 15.0 Å². The number of phenolic OH excluding ortho intramolecular Hbond substituents is 2. The Balaban J connectivity index is 3.27. The smallest absolute Gasteiger partial charge is 0.137 e. The first kappa shape index (κ1) is 10.6. The van der Waals surface area contributed by atoms with Crippen molar-refractivity contribution in [2.24, 2.45) is 0 Å². The average molecular weight is 194 g/mol. The molecule has 76 valence electrons. The second-order valence-electron chi connectivity index (χ2n) is 3.53. The zero-order chi connectivity index (χ0) is 10.9. The van der Waals surface area contributed by atoms with E-state index in [0.717, 1.165) is 5.56 Å². The minimum Gasteiger partial charge on any atom is -0.508 e. The average Bonchev–Trinajstić information content (AvgIpc) is 2.01. The van der Waals surface area contributed by atoms with Crippen molar-refractivity contribution in [2.75, 3.05) is 0 Å². The third kappa shape index (κ3) is 1.87. The molecule has 1 aromatic rings. The molecule has 0 aliphatic rings. The fourth-order valence-electron chi connectivity index (χ4n) is 1.53. The second-order valence-corrected chi connectivity index (χ2v) is 3.53. The van der Waals surface area contributed by atoms with Gasteiger partial charge in [-0.3, -0.25) is 4.79 Å². The van der Waals surface area contributed by atoms with Gasteiger partial charge in [-0.05, 0) is 25.5 Å². The number of carbonyl (C=O) groups is 1. The van der Waals surface area contributed by atoms with Gasteiger partial charge in [0.1, 0.15) is 17.3 Å². The van der Waals surface area contributed by atoms with E-state index >= 15 is 0 Å². The van der Waals surface area contributed by atoms with E-state index in [4.69, 9.17) is 0 Å². The molecule has 0 aliphatic heterocycles. The summed E-state index contributed by atoms with van der Waals surface area (Å²) in [4.78, 5) is 11.2. The summed E-state index contributed by atoms with van der Waals surface area (Å²) in [5, 5.41) is 18.8. The first-order valence-corrected chi connectivity index (χ1v) is 4.46. The van der Waals surface area contributed by atoms with Crippen molar-refractivity contribution >= 4 is 5.78 Å². The lowest BCUT2D eigenvalue weighted by molar-refractivity contribution is -0.118. The molecular weight excluding hydrogens is 180 g/mol. The van der Waals surface area contributed by atoms with Crippen molar-refractivity contribution in [3.8, 4) is 11.5 Å². The number of ketones is 1. The molecule has 0 aromatic heterocycles. The van der Waals surface area contributed by atoms with Crippen LogP contribution >= 0.6 is 0 Å². The lowest BCUT2D eigenvalue weighted by Gasteiger charge is -2.13. The van der Waals surface area contributed by atoms with Gasteiger partial charge < -0.3 is 10.2 Å². The van der Waals surface area contributed by atoms with Crippen molar-refractivity contribution in [2.45, 2.75) is 26.7 Å². The summed E-state index contributed by atoms with van der Waals surface area (Å²) < 4.78 is 0. The van der Waals surface area contributed by atoms with E-state index in [0.29, 0.717) is 5.56 Å². The molecule has 0 heterocycles. The van der Waals surface area contributed by atoms with Crippen LogP contribution in [-0.2, 0) is 4.79 Å². The predicted octanol–water partition coefficient (Wildman–Crippen LogP) is 2.10. The summed E-state index contributed by atoms with van der Waals surface area (Å²) in [6.07, 6.45) is 0. The van der Waals surface area contributed by atoms with Crippen LogP contribution in [0.4, 0.5) is 0 Å². The predicted molar refractivity (Wildman–Crippen MR) is 53.6 cm³/mol. The zero-order valence-electron chi connectivity index (χ0n) is 8.53. The standard InChI is InChI=1S/C11H14O3/c1-6-4-9(13)5-10(14)11(6)7(2)8(3)12/h4-5,7,13-14H,1-3H3. The van der Waals surface area contributed by atoms with Crippen LogP contribution in [0.5, 0.6) is 11.5 Å². The van der Waals surface area contributed by atoms with E-state index in [1.54, 1.807) is 13.8 Å². The summed E-state index contributed by atoms with van der Waals surface area (Å²) in [6.45, 7) is 4.98. The first-order chi connectivity index (χ1) is 6.43. The second kappa shape index (κ2) is 3.70. The fourth-order valence-corrected chi connectivity index (χ4v) is 1.53. The Labute approximate surface area is 83.0 Å². The molecule has 0 saturated heterocycles. The van der Waals surface area contributed by atoms with Gasteiger partial charge in [-0.25, -0.2) is 0 Å². The Morgan fingerprint density at radius 1 is 1.36 bits per heavy atom. The van der Waals surface area contributed by atoms with Crippen LogP contribution in [0.2, 0.25) is 0 Å². The van der Waals surface area contributed by atoms with Crippen LogP contribution in [-0.4, -0.2) is 16.0 Å². The summed E-state index contributed by atoms with van der Waals surface area (Å²) >= 11 is 0. The van der Waals surface area contributed by atoms with Crippen molar-refractivity contribution in [3.05, 3.63) is 23.3 Å². The van der Waals surface area contributed by atoms with E-state index in [1.807, 2.05) is 0 Å². The van der Waals surface area contributed by atoms with E-state index in [-0.39, 0.29) is 23.2 Å². The normalized spacial score (nSPS) is 12.5. The van der Waals surface area contributed by atoms with Crippen LogP contribution < -0.4 is 0 Å². The number of Topliss-reactive ketones (excluding diaryl/α,β-unsaturated/α-hetero) is 1. The molecule has 0 bridgehead atoms. The maximum absolute atomic E-state index is 11.2. The molecule has 0 aliphatic carbocycles. The molecule has 0 saturated carbocycles. The van der Waals surface area contributed by atoms with Gasteiger partial charge in [0.15, 0.2) is 0 Å². The Morgan fingerprint density at radius 2 is 1.93 bits per heavy atom. The highest BCUT2D eigenvalue weighted by molar-refractivity contribution is 5.84. The molecule has 1 atom stereocenters. The van der Waals surface area contributed by atoms with Gasteiger partial charge in [0.25, 0.3) is 0 Å². The number of hydrogen-bond acceptors (Lipinski definition) is 3. The summed E-state index contributed by atoms with van der Waals surface area (Å²) in [5.74, 6) is -0.352. The summed E-state index contributed by atoms with van der Waals surface area (Å²) in [6, 6.07) is 2.79. The van der Waals surface area contributed by atoms with Gasteiger partial charge in [0.05, 0.1) is 0 Å². The quantitative estimate of drug-likeness (QED) is 0.758. The lowest BCUT2D eigenvalue weighted by Crippen LogP contribution is -2.06. The molecule has 1 unspecified atom stereocenters. The van der Waals surface area contributed by atoms with Gasteiger partial charge in [0.2, 0.25) is 0 Å². The largest absolute Gasteiger partial charge is 0.508 e. The van der Waals surface area contributed by atoms with E-state index in [9.17, 15) is 15.0 Å². The van der Waals surface area contributed by atoms with Crippen molar-refractivity contribution in [1.29, 1.82) is 0 Å². The number of aromatic hydroxyl groups is 2. The highest BCUT2D eigenvalue weighted by Crippen LogP contribution is 2.32. The molecule has 1 rings (SSSR count). The highest BCUT2D eigenvalue weighted by Gasteiger charge is 2.17. The van der Waals surface area contributed by atoms with Crippen LogP contribution in [0, 0.1) is 6.92 Å². The highest BCUT2D eigenvalue weighted by atomic mass is 16.3. The molecule has 2 N–H and O–H groups in total. The maximum atomic E-state index is 11.2. The molecule has 14 heavy (non-hydrogen) atoms.